The van der Waals surface area contributed by atoms with E-state index < -0.39 is 11.7 Å². The maximum absolute atomic E-state index is 12.4. The number of nitrogens with two attached hydrogens (primary N) is 1. The second-order valence-electron chi connectivity index (χ2n) is 2.81. The maximum Gasteiger partial charge on any atom is 0.416 e. The third kappa shape index (κ3) is 2.29. The summed E-state index contributed by atoms with van der Waals surface area (Å²) in [5, 5.41) is 3.09. The Balaban J connectivity index is 3.45. The second-order valence-corrected chi connectivity index (χ2v) is 2.81. The molecule has 0 amide bonds. The third-order valence-electron chi connectivity index (χ3n) is 1.78. The van der Waals surface area contributed by atoms with Gasteiger partial charge in [0.25, 0.3) is 0 Å². The monoisotopic (exact) mass is 232 g/mol. The van der Waals surface area contributed by atoms with Gasteiger partial charge in [0.15, 0.2) is 5.75 Å². The molecule has 0 aliphatic rings. The summed E-state index contributed by atoms with van der Waals surface area (Å²) in [4.78, 5) is 2.40. The standard InChI is InChI=1S/C8H7F3N4O/c1-16-7-5(12)2-4(8(9,10)11)3-6(7)14-15-13/h2-3H,12H2,1H3. The lowest BCUT2D eigenvalue weighted by Crippen LogP contribution is -2.06. The molecule has 0 aliphatic carbocycles. The molecule has 0 aliphatic heterocycles. The van der Waals surface area contributed by atoms with Crippen LogP contribution in [0.25, 0.3) is 10.4 Å². The van der Waals surface area contributed by atoms with E-state index in [1.165, 1.54) is 7.11 Å². The number of nitrogens with zero attached hydrogens (tertiary/aromatic N) is 3. The van der Waals surface area contributed by atoms with Crippen molar-refractivity contribution in [1.82, 2.24) is 0 Å². The molecule has 0 fully saturated rings. The molecule has 2 N–H and O–H groups in total. The summed E-state index contributed by atoms with van der Waals surface area (Å²) < 4.78 is 41.9. The minimum absolute atomic E-state index is 0.0780. The van der Waals surface area contributed by atoms with E-state index in [4.69, 9.17) is 16.0 Å². The lowest BCUT2D eigenvalue weighted by molar-refractivity contribution is -0.137. The fraction of sp³-hybridized carbons (Fsp3) is 0.250. The van der Waals surface area contributed by atoms with Crippen LogP contribution in [0.5, 0.6) is 5.75 Å². The molecule has 0 unspecified atom stereocenters. The fourth-order valence-corrected chi connectivity index (χ4v) is 1.14. The lowest BCUT2D eigenvalue weighted by atomic mass is 10.1. The fourth-order valence-electron chi connectivity index (χ4n) is 1.14. The molecule has 0 aromatic heterocycles. The SMILES string of the molecule is COc1c(N)cc(C(F)(F)F)cc1N=[N+]=[N-]. The minimum Gasteiger partial charge on any atom is -0.494 e. The molecule has 0 heterocycles. The molecule has 0 radical (unpaired) electrons. The van der Waals surface area contributed by atoms with Gasteiger partial charge in [0, 0.05) is 4.91 Å². The van der Waals surface area contributed by atoms with Crippen LogP contribution in [0, 0.1) is 0 Å². The van der Waals surface area contributed by atoms with E-state index >= 15 is 0 Å². The number of azide groups is 1. The first-order chi connectivity index (χ1) is 7.40. The summed E-state index contributed by atoms with van der Waals surface area (Å²) in [5.41, 5.74) is 12.0. The molecule has 1 aromatic rings. The van der Waals surface area contributed by atoms with Crippen LogP contribution in [-0.2, 0) is 6.18 Å². The molecule has 8 heteroatoms. The van der Waals surface area contributed by atoms with E-state index in [2.05, 4.69) is 10.0 Å². The minimum atomic E-state index is -4.56. The van der Waals surface area contributed by atoms with Gasteiger partial charge in [-0.1, -0.05) is 5.11 Å². The molecule has 0 spiro atoms. The zero-order valence-electron chi connectivity index (χ0n) is 8.12. The Morgan fingerprint density at radius 1 is 1.44 bits per heavy atom. The second kappa shape index (κ2) is 4.19. The number of hydrogen-bond donors (Lipinski definition) is 1. The molecule has 0 atom stereocenters. The summed E-state index contributed by atoms with van der Waals surface area (Å²) in [6.07, 6.45) is -4.56. The number of benzene rings is 1. The smallest absolute Gasteiger partial charge is 0.416 e. The third-order valence-corrected chi connectivity index (χ3v) is 1.78. The van der Waals surface area contributed by atoms with Crippen LogP contribution in [0.2, 0.25) is 0 Å². The number of hydrogen-bond acceptors (Lipinski definition) is 3. The van der Waals surface area contributed by atoms with E-state index in [0.717, 1.165) is 6.07 Å². The van der Waals surface area contributed by atoms with Gasteiger partial charge < -0.3 is 10.5 Å². The Hall–Kier alpha value is -2.08. The van der Waals surface area contributed by atoms with Crippen LogP contribution in [-0.4, -0.2) is 7.11 Å². The van der Waals surface area contributed by atoms with Crippen molar-refractivity contribution in [2.24, 2.45) is 5.11 Å². The van der Waals surface area contributed by atoms with Crippen molar-refractivity contribution in [3.8, 4) is 5.75 Å². The first kappa shape index (κ1) is 12.0. The number of rotatable bonds is 2. The predicted octanol–water partition coefficient (Wildman–Crippen LogP) is 3.24. The largest absolute Gasteiger partial charge is 0.494 e. The van der Waals surface area contributed by atoms with Gasteiger partial charge in [-0.25, -0.2) is 0 Å². The first-order valence-electron chi connectivity index (χ1n) is 4.00. The number of alkyl halides is 3. The quantitative estimate of drug-likeness (QED) is 0.367. The molecular formula is C8H7F3N4O. The molecule has 0 saturated carbocycles. The van der Waals surface area contributed by atoms with Crippen LogP contribution in [0.3, 0.4) is 0 Å². The Kier molecular flexibility index (Phi) is 3.14. The van der Waals surface area contributed by atoms with Crippen molar-refractivity contribution >= 4 is 11.4 Å². The molecule has 86 valence electrons. The average Bonchev–Trinajstić information content (AvgIpc) is 2.16. The molecule has 0 saturated heterocycles. The van der Waals surface area contributed by atoms with Crippen LogP contribution in [0.4, 0.5) is 24.5 Å². The maximum atomic E-state index is 12.4. The highest BCUT2D eigenvalue weighted by Crippen LogP contribution is 2.40. The Labute approximate surface area is 88.2 Å². The number of ether oxygens (including phenoxy) is 1. The van der Waals surface area contributed by atoms with Gasteiger partial charge in [-0.15, -0.1) is 0 Å². The molecule has 1 aromatic carbocycles. The summed E-state index contributed by atoms with van der Waals surface area (Å²) in [6, 6.07) is 1.39. The van der Waals surface area contributed by atoms with Crippen molar-refractivity contribution in [2.45, 2.75) is 6.18 Å². The summed E-state index contributed by atoms with van der Waals surface area (Å²) in [6.45, 7) is 0. The topological polar surface area (TPSA) is 84.0 Å². The summed E-state index contributed by atoms with van der Waals surface area (Å²) in [7, 11) is 1.22. The summed E-state index contributed by atoms with van der Waals surface area (Å²) >= 11 is 0. The Morgan fingerprint density at radius 3 is 2.50 bits per heavy atom. The van der Waals surface area contributed by atoms with Crippen molar-refractivity contribution in [2.75, 3.05) is 12.8 Å². The normalized spacial score (nSPS) is 10.8. The molecule has 1 rings (SSSR count). The van der Waals surface area contributed by atoms with Crippen LogP contribution in [0.1, 0.15) is 5.56 Å². The Bertz CT molecular complexity index is 451. The van der Waals surface area contributed by atoms with Gasteiger partial charge in [-0.2, -0.15) is 13.2 Å². The average molecular weight is 232 g/mol. The van der Waals surface area contributed by atoms with Crippen LogP contribution in [0.15, 0.2) is 17.2 Å². The number of anilines is 1. The summed E-state index contributed by atoms with van der Waals surface area (Å²) in [5.74, 6) is -0.0780. The Morgan fingerprint density at radius 2 is 2.06 bits per heavy atom. The number of methoxy groups -OCH3 is 1. The van der Waals surface area contributed by atoms with Gasteiger partial charge >= 0.3 is 6.18 Å². The predicted molar refractivity (Wildman–Crippen MR) is 51.2 cm³/mol. The molecule has 0 bridgehead atoms. The van der Waals surface area contributed by atoms with Crippen molar-refractivity contribution in [3.05, 3.63) is 28.1 Å². The molecule has 16 heavy (non-hydrogen) atoms. The van der Waals surface area contributed by atoms with Gasteiger partial charge in [-0.05, 0) is 17.7 Å². The zero-order valence-corrected chi connectivity index (χ0v) is 8.12. The highest BCUT2D eigenvalue weighted by atomic mass is 19.4. The molecular weight excluding hydrogens is 225 g/mol. The van der Waals surface area contributed by atoms with E-state index in [0.29, 0.717) is 6.07 Å². The van der Waals surface area contributed by atoms with Gasteiger partial charge in [0.1, 0.15) is 0 Å². The van der Waals surface area contributed by atoms with Crippen LogP contribution >= 0.6 is 0 Å². The van der Waals surface area contributed by atoms with Crippen molar-refractivity contribution in [3.63, 3.8) is 0 Å². The first-order valence-corrected chi connectivity index (χ1v) is 4.00. The van der Waals surface area contributed by atoms with Gasteiger partial charge in [0.2, 0.25) is 0 Å². The number of halogens is 3. The van der Waals surface area contributed by atoms with E-state index in [1.54, 1.807) is 0 Å². The lowest BCUT2D eigenvalue weighted by Gasteiger charge is -2.12. The van der Waals surface area contributed by atoms with E-state index in [1.807, 2.05) is 0 Å². The van der Waals surface area contributed by atoms with Crippen LogP contribution < -0.4 is 10.5 Å². The van der Waals surface area contributed by atoms with Gasteiger partial charge in [0.05, 0.1) is 24.0 Å². The van der Waals surface area contributed by atoms with E-state index in [9.17, 15) is 13.2 Å². The van der Waals surface area contributed by atoms with Crippen molar-refractivity contribution in [1.29, 1.82) is 0 Å². The molecule has 5 nitrogen and oxygen atoms in total. The number of nitrogen functional groups attached to an aromatic ring is 1. The highest BCUT2D eigenvalue weighted by Gasteiger charge is 2.32. The van der Waals surface area contributed by atoms with E-state index in [-0.39, 0.29) is 17.1 Å². The van der Waals surface area contributed by atoms with Crippen molar-refractivity contribution < 1.29 is 17.9 Å². The zero-order chi connectivity index (χ0) is 12.3. The van der Waals surface area contributed by atoms with Gasteiger partial charge in [-0.3, -0.25) is 0 Å². The highest BCUT2D eigenvalue weighted by molar-refractivity contribution is 5.68.